The second-order valence-corrected chi connectivity index (χ2v) is 9.38. The van der Waals surface area contributed by atoms with Gasteiger partial charge in [-0.2, -0.15) is 5.26 Å². The van der Waals surface area contributed by atoms with Gasteiger partial charge in [-0.1, -0.05) is 29.8 Å². The van der Waals surface area contributed by atoms with E-state index in [2.05, 4.69) is 28.7 Å². The summed E-state index contributed by atoms with van der Waals surface area (Å²) in [5.74, 6) is 0.584. The highest BCUT2D eigenvalue weighted by molar-refractivity contribution is 6.33. The number of nitriles is 1. The van der Waals surface area contributed by atoms with Crippen molar-refractivity contribution in [3.05, 3.63) is 105 Å². The number of allylic oxidation sites excluding steroid dienone is 1. The number of hydrogen-bond donors (Lipinski definition) is 0. The summed E-state index contributed by atoms with van der Waals surface area (Å²) in [6.45, 7) is 2.09. The van der Waals surface area contributed by atoms with Gasteiger partial charge < -0.3 is 9.14 Å². The molecule has 4 nitrogen and oxygen atoms in total. The van der Waals surface area contributed by atoms with Gasteiger partial charge in [-0.05, 0) is 60.7 Å². The number of benzene rings is 2. The van der Waals surface area contributed by atoms with Crippen LogP contribution in [0.4, 0.5) is 4.39 Å². The van der Waals surface area contributed by atoms with Crippen LogP contribution < -0.4 is 4.74 Å². The van der Waals surface area contributed by atoms with Crippen LogP contribution in [-0.2, 0) is 13.0 Å². The van der Waals surface area contributed by atoms with Gasteiger partial charge in [-0.25, -0.2) is 9.37 Å². The van der Waals surface area contributed by atoms with Crippen LogP contribution in [0.2, 0.25) is 5.02 Å². The zero-order valence-electron chi connectivity index (χ0n) is 18.6. The first-order chi connectivity index (χ1) is 16.5. The molecule has 4 aromatic rings. The molecule has 0 atom stereocenters. The maximum absolute atomic E-state index is 13.9. The molecule has 0 bridgehead atoms. The number of nitrogens with zero attached hydrogens (tertiary/aromatic N) is 3. The van der Waals surface area contributed by atoms with Crippen LogP contribution in [0.25, 0.3) is 11.2 Å². The first kappa shape index (κ1) is 20.9. The minimum Gasteiger partial charge on any atom is -0.488 e. The van der Waals surface area contributed by atoms with Crippen molar-refractivity contribution in [2.45, 2.75) is 38.7 Å². The van der Waals surface area contributed by atoms with Crippen LogP contribution in [0.3, 0.4) is 0 Å². The third-order valence-electron chi connectivity index (χ3n) is 6.65. The van der Waals surface area contributed by atoms with Gasteiger partial charge in [0.1, 0.15) is 18.2 Å². The number of imidazole rings is 1. The molecule has 2 aromatic heterocycles. The third-order valence-corrected chi connectivity index (χ3v) is 6.94. The summed E-state index contributed by atoms with van der Waals surface area (Å²) in [6, 6.07) is 16.8. The SMILES string of the molecule is C/C(C#N)=C1/c2ccc(Cc3c(C4CC4)nc4c(Cl)cccn34)cc2COc2cc(F)ccc21. The van der Waals surface area contributed by atoms with E-state index in [1.807, 2.05) is 18.3 Å². The monoisotopic (exact) mass is 469 g/mol. The lowest BCUT2D eigenvalue weighted by Crippen LogP contribution is -2.02. The summed E-state index contributed by atoms with van der Waals surface area (Å²) in [6.07, 6.45) is 5.04. The number of fused-ring (bicyclic) bond motifs is 3. The van der Waals surface area contributed by atoms with Crippen molar-refractivity contribution < 1.29 is 9.13 Å². The summed E-state index contributed by atoms with van der Waals surface area (Å²) < 4.78 is 22.0. The Labute approximate surface area is 201 Å². The number of aromatic nitrogens is 2. The van der Waals surface area contributed by atoms with E-state index in [9.17, 15) is 9.65 Å². The minimum absolute atomic E-state index is 0.302. The van der Waals surface area contributed by atoms with Gasteiger partial charge in [-0.3, -0.25) is 0 Å². The van der Waals surface area contributed by atoms with Crippen LogP contribution in [0.5, 0.6) is 5.75 Å². The predicted molar refractivity (Wildman–Crippen MR) is 129 cm³/mol. The van der Waals surface area contributed by atoms with Crippen molar-refractivity contribution in [3.8, 4) is 11.8 Å². The second-order valence-electron chi connectivity index (χ2n) is 8.98. The summed E-state index contributed by atoms with van der Waals surface area (Å²) in [4.78, 5) is 4.88. The Balaban J connectivity index is 1.45. The third kappa shape index (κ3) is 3.46. The largest absolute Gasteiger partial charge is 0.488 e. The van der Waals surface area contributed by atoms with Crippen molar-refractivity contribution in [2.24, 2.45) is 0 Å². The average molecular weight is 470 g/mol. The van der Waals surface area contributed by atoms with E-state index in [0.717, 1.165) is 57.7 Å². The lowest BCUT2D eigenvalue weighted by atomic mass is 9.89. The molecule has 1 aliphatic heterocycles. The maximum atomic E-state index is 13.9. The molecule has 1 saturated carbocycles. The van der Waals surface area contributed by atoms with E-state index in [-0.39, 0.29) is 5.82 Å². The van der Waals surface area contributed by atoms with Crippen LogP contribution in [0.15, 0.2) is 60.3 Å². The van der Waals surface area contributed by atoms with E-state index in [0.29, 0.717) is 35.3 Å². The van der Waals surface area contributed by atoms with E-state index in [1.165, 1.54) is 12.1 Å². The molecule has 168 valence electrons. The van der Waals surface area contributed by atoms with Gasteiger partial charge in [0.2, 0.25) is 0 Å². The summed E-state index contributed by atoms with van der Waals surface area (Å²) in [7, 11) is 0. The molecule has 3 heterocycles. The van der Waals surface area contributed by atoms with E-state index < -0.39 is 0 Å². The quantitative estimate of drug-likeness (QED) is 0.309. The maximum Gasteiger partial charge on any atom is 0.156 e. The van der Waals surface area contributed by atoms with Gasteiger partial charge in [0.25, 0.3) is 0 Å². The minimum atomic E-state index is -0.363. The normalized spacial score (nSPS) is 16.3. The zero-order valence-corrected chi connectivity index (χ0v) is 19.4. The Morgan fingerprint density at radius 2 is 2.03 bits per heavy atom. The van der Waals surface area contributed by atoms with Gasteiger partial charge >= 0.3 is 0 Å². The van der Waals surface area contributed by atoms with Gasteiger partial charge in [-0.15, -0.1) is 0 Å². The summed E-state index contributed by atoms with van der Waals surface area (Å²) in [5, 5.41) is 10.3. The van der Waals surface area contributed by atoms with Crippen LogP contribution in [0, 0.1) is 17.1 Å². The van der Waals surface area contributed by atoms with E-state index in [4.69, 9.17) is 21.3 Å². The predicted octanol–water partition coefficient (Wildman–Crippen LogP) is 6.83. The van der Waals surface area contributed by atoms with Gasteiger partial charge in [0.15, 0.2) is 5.65 Å². The number of rotatable bonds is 3. The fraction of sp³-hybridized carbons (Fsp3) is 0.214. The molecule has 6 heteroatoms. The molecule has 34 heavy (non-hydrogen) atoms. The Kier molecular flexibility index (Phi) is 4.93. The lowest BCUT2D eigenvalue weighted by molar-refractivity contribution is 0.305. The molecule has 1 fully saturated rings. The van der Waals surface area contributed by atoms with E-state index >= 15 is 0 Å². The Morgan fingerprint density at radius 3 is 2.82 bits per heavy atom. The molecule has 1 aliphatic carbocycles. The standard InChI is InChI=1S/C28H21ClFN3O/c1-16(14-31)26-21-8-4-17(11-19(21)15-34-25-13-20(30)7-9-22(25)26)12-24-27(18-5-6-18)32-28-23(29)3-2-10-33(24)28/h2-4,7-11,13,18H,5-6,12,15H2,1H3/b26-16+. The number of halogens is 2. The second kappa shape index (κ2) is 8.00. The molecule has 6 rings (SSSR count). The fourth-order valence-electron chi connectivity index (χ4n) is 4.86. The van der Waals surface area contributed by atoms with Gasteiger partial charge in [0.05, 0.1) is 22.5 Å². The van der Waals surface area contributed by atoms with Crippen LogP contribution in [0.1, 0.15) is 59.3 Å². The van der Waals surface area contributed by atoms with Crippen molar-refractivity contribution in [1.29, 1.82) is 5.26 Å². The first-order valence-electron chi connectivity index (χ1n) is 11.3. The Bertz CT molecular complexity index is 1540. The first-order valence-corrected chi connectivity index (χ1v) is 11.7. The Morgan fingerprint density at radius 1 is 1.21 bits per heavy atom. The molecule has 2 aliphatic rings. The number of ether oxygens (including phenoxy) is 1. The van der Waals surface area contributed by atoms with Crippen molar-refractivity contribution in [1.82, 2.24) is 9.38 Å². The average Bonchev–Trinajstić information content (AvgIpc) is 3.63. The Hall–Kier alpha value is -3.62. The highest BCUT2D eigenvalue weighted by atomic mass is 35.5. The van der Waals surface area contributed by atoms with Crippen LogP contribution in [-0.4, -0.2) is 9.38 Å². The molecule has 0 spiro atoms. The molecule has 0 saturated heterocycles. The topological polar surface area (TPSA) is 50.3 Å². The molecule has 0 unspecified atom stereocenters. The summed E-state index contributed by atoms with van der Waals surface area (Å²) in [5.41, 5.74) is 8.21. The van der Waals surface area contributed by atoms with Crippen molar-refractivity contribution in [3.63, 3.8) is 0 Å². The molecule has 0 amide bonds. The smallest absolute Gasteiger partial charge is 0.156 e. The zero-order chi connectivity index (χ0) is 23.4. The van der Waals surface area contributed by atoms with Crippen LogP contribution >= 0.6 is 11.6 Å². The lowest BCUT2D eigenvalue weighted by Gasteiger charge is -2.13. The van der Waals surface area contributed by atoms with E-state index in [1.54, 1.807) is 13.0 Å². The number of pyridine rings is 1. The van der Waals surface area contributed by atoms with Gasteiger partial charge in [0, 0.05) is 41.3 Å². The molecule has 0 N–H and O–H groups in total. The molecular formula is C28H21ClFN3O. The fourth-order valence-corrected chi connectivity index (χ4v) is 5.06. The highest BCUT2D eigenvalue weighted by Gasteiger charge is 2.30. The van der Waals surface area contributed by atoms with Crippen molar-refractivity contribution >= 4 is 22.8 Å². The molecule has 0 radical (unpaired) electrons. The highest BCUT2D eigenvalue weighted by Crippen LogP contribution is 2.43. The molecule has 2 aromatic carbocycles. The van der Waals surface area contributed by atoms with Crippen molar-refractivity contribution in [2.75, 3.05) is 0 Å². The summed E-state index contributed by atoms with van der Waals surface area (Å²) >= 11 is 6.44. The molecular weight excluding hydrogens is 449 g/mol. The number of hydrogen-bond acceptors (Lipinski definition) is 3.